The van der Waals surface area contributed by atoms with Crippen LogP contribution in [0.4, 0.5) is 14.5 Å². The van der Waals surface area contributed by atoms with Crippen LogP contribution in [0.15, 0.2) is 47.6 Å². The zero-order valence-corrected chi connectivity index (χ0v) is 11.6. The Hall–Kier alpha value is -1.99. The molecule has 2 aromatic rings. The first kappa shape index (κ1) is 15.4. The Morgan fingerprint density at radius 2 is 2.00 bits per heavy atom. The molecule has 2 rings (SSSR count). The van der Waals surface area contributed by atoms with Gasteiger partial charge >= 0.3 is 0 Å². The number of thioether (sulfide) groups is 1. The van der Waals surface area contributed by atoms with Crippen molar-refractivity contribution >= 4 is 23.4 Å². The molecule has 0 saturated heterocycles. The number of benzene rings is 1. The fraction of sp³-hybridized carbons (Fsp3) is 0.143. The van der Waals surface area contributed by atoms with Gasteiger partial charge in [0.05, 0.1) is 18.5 Å². The third-order valence-corrected chi connectivity index (χ3v) is 3.39. The van der Waals surface area contributed by atoms with Gasteiger partial charge in [-0.05, 0) is 30.3 Å². The number of aromatic nitrogens is 1. The number of alkyl halides is 2. The summed E-state index contributed by atoms with van der Waals surface area (Å²) in [4.78, 5) is 16.3. The van der Waals surface area contributed by atoms with Crippen LogP contribution in [-0.4, -0.2) is 21.8 Å². The average Bonchev–Trinajstić information content (AvgIpc) is 2.48. The van der Waals surface area contributed by atoms with E-state index in [1.165, 1.54) is 36.7 Å². The number of hydrogen-bond donors (Lipinski definition) is 2. The van der Waals surface area contributed by atoms with Crippen LogP contribution in [0.25, 0.3) is 0 Å². The number of halogens is 2. The predicted octanol–water partition coefficient (Wildman–Crippen LogP) is 3.14. The van der Waals surface area contributed by atoms with E-state index >= 15 is 0 Å². The van der Waals surface area contributed by atoms with Gasteiger partial charge in [0.2, 0.25) is 0 Å². The van der Waals surface area contributed by atoms with Crippen LogP contribution >= 0.6 is 11.8 Å². The SMILES string of the molecule is O=C(Nc1cnccc1CO)c1ccc(SC(F)F)cc1. The Morgan fingerprint density at radius 1 is 1.29 bits per heavy atom. The quantitative estimate of drug-likeness (QED) is 0.833. The lowest BCUT2D eigenvalue weighted by Gasteiger charge is -2.09. The summed E-state index contributed by atoms with van der Waals surface area (Å²) in [7, 11) is 0. The molecule has 1 amide bonds. The highest BCUT2D eigenvalue weighted by atomic mass is 32.2. The number of rotatable bonds is 5. The van der Waals surface area contributed by atoms with E-state index in [1.54, 1.807) is 6.07 Å². The van der Waals surface area contributed by atoms with Crippen molar-refractivity contribution in [1.29, 1.82) is 0 Å². The van der Waals surface area contributed by atoms with Crippen molar-refractivity contribution in [2.75, 3.05) is 5.32 Å². The minimum atomic E-state index is -2.49. The van der Waals surface area contributed by atoms with E-state index in [9.17, 15) is 13.6 Å². The Labute approximate surface area is 124 Å². The molecule has 0 saturated carbocycles. The highest BCUT2D eigenvalue weighted by Gasteiger charge is 2.10. The molecule has 0 aliphatic heterocycles. The number of carbonyl (C=O) groups excluding carboxylic acids is 1. The van der Waals surface area contributed by atoms with Gasteiger partial charge in [0.1, 0.15) is 0 Å². The molecule has 2 N–H and O–H groups in total. The smallest absolute Gasteiger partial charge is 0.288 e. The first-order chi connectivity index (χ1) is 10.1. The molecular weight excluding hydrogens is 298 g/mol. The summed E-state index contributed by atoms with van der Waals surface area (Å²) in [5.74, 6) is -2.89. The Morgan fingerprint density at radius 3 is 2.62 bits per heavy atom. The molecule has 0 radical (unpaired) electrons. The molecule has 110 valence electrons. The summed E-state index contributed by atoms with van der Waals surface area (Å²) in [6.07, 6.45) is 2.95. The van der Waals surface area contributed by atoms with E-state index in [1.807, 2.05) is 0 Å². The van der Waals surface area contributed by atoms with Gasteiger partial charge in [0, 0.05) is 22.2 Å². The number of amides is 1. The number of carbonyl (C=O) groups is 1. The van der Waals surface area contributed by atoms with E-state index in [0.29, 0.717) is 33.5 Å². The van der Waals surface area contributed by atoms with Crippen molar-refractivity contribution in [3.63, 3.8) is 0 Å². The molecule has 0 fully saturated rings. The number of nitrogens with one attached hydrogen (secondary N) is 1. The highest BCUT2D eigenvalue weighted by Crippen LogP contribution is 2.25. The second-order valence-corrected chi connectivity index (χ2v) is 5.11. The third kappa shape index (κ3) is 4.24. The summed E-state index contributed by atoms with van der Waals surface area (Å²) in [6, 6.07) is 7.45. The maximum absolute atomic E-state index is 12.2. The van der Waals surface area contributed by atoms with Crippen molar-refractivity contribution in [2.45, 2.75) is 17.3 Å². The van der Waals surface area contributed by atoms with Crippen molar-refractivity contribution in [3.8, 4) is 0 Å². The average molecular weight is 310 g/mol. The topological polar surface area (TPSA) is 62.2 Å². The van der Waals surface area contributed by atoms with E-state index in [0.717, 1.165) is 0 Å². The molecule has 1 aromatic heterocycles. The molecule has 21 heavy (non-hydrogen) atoms. The van der Waals surface area contributed by atoms with Crippen LogP contribution in [-0.2, 0) is 6.61 Å². The predicted molar refractivity (Wildman–Crippen MR) is 76.4 cm³/mol. The molecule has 0 unspecified atom stereocenters. The minimum absolute atomic E-state index is 0.220. The maximum atomic E-state index is 12.2. The standard InChI is InChI=1S/C14H12F2N2O2S/c15-14(16)21-11-3-1-9(2-4-11)13(20)18-12-7-17-6-5-10(12)8-19/h1-7,14,19H,8H2,(H,18,20). The van der Waals surface area contributed by atoms with E-state index < -0.39 is 11.7 Å². The number of aliphatic hydroxyl groups excluding tert-OH is 1. The molecule has 7 heteroatoms. The van der Waals surface area contributed by atoms with E-state index in [2.05, 4.69) is 10.3 Å². The lowest BCUT2D eigenvalue weighted by Crippen LogP contribution is -2.13. The Kier molecular flexibility index (Phi) is 5.24. The van der Waals surface area contributed by atoms with Gasteiger partial charge in [-0.3, -0.25) is 9.78 Å². The molecule has 0 aliphatic carbocycles. The number of anilines is 1. The molecule has 1 heterocycles. The highest BCUT2D eigenvalue weighted by molar-refractivity contribution is 7.99. The molecule has 0 bridgehead atoms. The van der Waals surface area contributed by atoms with Crippen molar-refractivity contribution < 1.29 is 18.7 Å². The minimum Gasteiger partial charge on any atom is -0.392 e. The Balaban J connectivity index is 2.09. The zero-order chi connectivity index (χ0) is 15.2. The van der Waals surface area contributed by atoms with Gasteiger partial charge in [-0.25, -0.2) is 0 Å². The van der Waals surface area contributed by atoms with Gasteiger partial charge < -0.3 is 10.4 Å². The first-order valence-electron chi connectivity index (χ1n) is 6.00. The van der Waals surface area contributed by atoms with Gasteiger partial charge in [-0.1, -0.05) is 11.8 Å². The van der Waals surface area contributed by atoms with Crippen molar-refractivity contribution in [1.82, 2.24) is 4.98 Å². The fourth-order valence-electron chi connectivity index (χ4n) is 1.66. The molecule has 1 aromatic carbocycles. The van der Waals surface area contributed by atoms with Crippen LogP contribution in [0.3, 0.4) is 0 Å². The van der Waals surface area contributed by atoms with Crippen LogP contribution in [0.2, 0.25) is 0 Å². The molecular formula is C14H12F2N2O2S. The summed E-state index contributed by atoms with van der Waals surface area (Å²) in [5, 5.41) is 11.8. The number of aliphatic hydroxyl groups is 1. The van der Waals surface area contributed by atoms with Crippen molar-refractivity contribution in [2.24, 2.45) is 0 Å². The first-order valence-corrected chi connectivity index (χ1v) is 6.88. The van der Waals surface area contributed by atoms with Gasteiger partial charge in [0.15, 0.2) is 0 Å². The molecule has 4 nitrogen and oxygen atoms in total. The van der Waals surface area contributed by atoms with Gasteiger partial charge in [-0.15, -0.1) is 0 Å². The maximum Gasteiger partial charge on any atom is 0.288 e. The molecule has 0 aliphatic rings. The largest absolute Gasteiger partial charge is 0.392 e. The number of pyridine rings is 1. The Bertz CT molecular complexity index is 621. The zero-order valence-electron chi connectivity index (χ0n) is 10.8. The van der Waals surface area contributed by atoms with Crippen LogP contribution < -0.4 is 5.32 Å². The summed E-state index contributed by atoms with van der Waals surface area (Å²) >= 11 is 0.421. The summed E-state index contributed by atoms with van der Waals surface area (Å²) in [6.45, 7) is -0.220. The normalized spacial score (nSPS) is 10.7. The molecule has 0 spiro atoms. The second kappa shape index (κ2) is 7.14. The van der Waals surface area contributed by atoms with Crippen LogP contribution in [0.1, 0.15) is 15.9 Å². The monoisotopic (exact) mass is 310 g/mol. The van der Waals surface area contributed by atoms with E-state index in [-0.39, 0.29) is 6.61 Å². The molecule has 0 atom stereocenters. The lowest BCUT2D eigenvalue weighted by atomic mass is 10.2. The second-order valence-electron chi connectivity index (χ2n) is 4.05. The van der Waals surface area contributed by atoms with Gasteiger partial charge in [0.25, 0.3) is 11.7 Å². The number of hydrogen-bond acceptors (Lipinski definition) is 4. The third-order valence-electron chi connectivity index (χ3n) is 2.67. The summed E-state index contributed by atoms with van der Waals surface area (Å²) in [5.41, 5.74) is 1.29. The van der Waals surface area contributed by atoms with E-state index in [4.69, 9.17) is 5.11 Å². The van der Waals surface area contributed by atoms with Crippen LogP contribution in [0.5, 0.6) is 0 Å². The van der Waals surface area contributed by atoms with Crippen LogP contribution in [0, 0.1) is 0 Å². The lowest BCUT2D eigenvalue weighted by molar-refractivity contribution is 0.102. The van der Waals surface area contributed by atoms with Gasteiger partial charge in [-0.2, -0.15) is 8.78 Å². The van der Waals surface area contributed by atoms with Crippen molar-refractivity contribution in [3.05, 3.63) is 53.9 Å². The number of nitrogens with zero attached hydrogens (tertiary/aromatic N) is 1. The summed E-state index contributed by atoms with van der Waals surface area (Å²) < 4.78 is 24.4. The fourth-order valence-corrected chi connectivity index (χ4v) is 2.15.